The Kier molecular flexibility index (Phi) is 5.88. The van der Waals surface area contributed by atoms with Crippen LogP contribution in [0.3, 0.4) is 0 Å². The Labute approximate surface area is 197 Å². The van der Waals surface area contributed by atoms with E-state index in [0.717, 1.165) is 29.5 Å². The highest BCUT2D eigenvalue weighted by Crippen LogP contribution is 2.37. The Bertz CT molecular complexity index is 1230. The summed E-state index contributed by atoms with van der Waals surface area (Å²) >= 11 is 0. The molecule has 3 aliphatic rings. The molecule has 0 spiro atoms. The van der Waals surface area contributed by atoms with Crippen LogP contribution in [0.5, 0.6) is 0 Å². The minimum Gasteiger partial charge on any atom is -0.459 e. The molecule has 1 aliphatic heterocycles. The average molecular weight is 464 g/mol. The number of likely N-dealkylation sites (tertiary alicyclic amines) is 1. The van der Waals surface area contributed by atoms with E-state index in [1.54, 1.807) is 0 Å². The van der Waals surface area contributed by atoms with E-state index in [0.29, 0.717) is 30.4 Å². The number of hydrogen-bond donors (Lipinski definition) is 0. The quantitative estimate of drug-likeness (QED) is 0.281. The number of fused-ring (bicyclic) bond motifs is 3. The molecule has 5 rings (SSSR count). The monoisotopic (exact) mass is 463 g/mol. The van der Waals surface area contributed by atoms with Crippen molar-refractivity contribution in [3.63, 3.8) is 0 Å². The average Bonchev–Trinajstić information content (AvgIpc) is 3.36. The van der Waals surface area contributed by atoms with Crippen molar-refractivity contribution in [2.45, 2.75) is 65.0 Å². The fourth-order valence-electron chi connectivity index (χ4n) is 5.55. The zero-order valence-electron chi connectivity index (χ0n) is 19.5. The van der Waals surface area contributed by atoms with Crippen LogP contribution >= 0.6 is 0 Å². The van der Waals surface area contributed by atoms with Gasteiger partial charge in [-0.3, -0.25) is 14.5 Å². The highest BCUT2D eigenvalue weighted by molar-refractivity contribution is 6.08. The number of carbonyl (C=O) groups is 3. The van der Waals surface area contributed by atoms with Crippen LogP contribution in [0.15, 0.2) is 39.6 Å². The van der Waals surface area contributed by atoms with E-state index >= 15 is 0 Å². The lowest BCUT2D eigenvalue weighted by atomic mass is 9.85. The number of hydrogen-bond acceptors (Lipinski definition) is 6. The van der Waals surface area contributed by atoms with E-state index in [1.807, 2.05) is 38.1 Å². The van der Waals surface area contributed by atoms with Gasteiger partial charge in [0.15, 0.2) is 0 Å². The van der Waals surface area contributed by atoms with Crippen molar-refractivity contribution in [3.05, 3.63) is 57.5 Å². The first-order valence-electron chi connectivity index (χ1n) is 12.1. The summed E-state index contributed by atoms with van der Waals surface area (Å²) in [7, 11) is 0. The first kappa shape index (κ1) is 22.6. The lowest BCUT2D eigenvalue weighted by molar-refractivity contribution is -0.160. The van der Waals surface area contributed by atoms with Crippen LogP contribution < -0.4 is 5.63 Å². The third-order valence-corrected chi connectivity index (χ3v) is 7.23. The van der Waals surface area contributed by atoms with E-state index in [2.05, 4.69) is 0 Å². The lowest BCUT2D eigenvalue weighted by Crippen LogP contribution is -2.47. The molecule has 34 heavy (non-hydrogen) atoms. The van der Waals surface area contributed by atoms with Gasteiger partial charge in [0.05, 0.1) is 11.8 Å². The van der Waals surface area contributed by atoms with Gasteiger partial charge >= 0.3 is 11.6 Å². The number of aryl methyl sites for hydroxylation is 2. The van der Waals surface area contributed by atoms with E-state index in [-0.39, 0.29) is 24.3 Å². The SMILES string of the molecule is CC(C)C[C@H](C(=O)OCc1cc(=O)oc2cc3c(cc12)CCC3)N1C(=O)[C@@H]2CC=CC[C@H]2C1=O. The second-order valence-electron chi connectivity index (χ2n) is 10.0. The van der Waals surface area contributed by atoms with Crippen molar-refractivity contribution in [2.24, 2.45) is 17.8 Å². The standard InChI is InChI=1S/C27H29NO6/c1-15(2)10-22(28-25(30)19-8-3-4-9-20(19)26(28)31)27(32)33-14-18-13-24(29)34-23-12-17-7-5-6-16(17)11-21(18)23/h3-4,11-13,15,19-20,22H,5-10,14H2,1-2H3/t19-,20-,22-/m1/s1. The van der Waals surface area contributed by atoms with Crippen molar-refractivity contribution >= 4 is 28.8 Å². The minimum atomic E-state index is -0.971. The van der Waals surface area contributed by atoms with Crippen LogP contribution in [0.1, 0.15) is 56.2 Å². The maximum absolute atomic E-state index is 13.3. The van der Waals surface area contributed by atoms with Gasteiger partial charge in [0.1, 0.15) is 18.2 Å². The molecule has 1 fully saturated rings. The summed E-state index contributed by atoms with van der Waals surface area (Å²) in [6.07, 6.45) is 8.21. The minimum absolute atomic E-state index is 0.0751. The molecule has 0 bridgehead atoms. The van der Waals surface area contributed by atoms with Gasteiger partial charge in [-0.15, -0.1) is 0 Å². The number of esters is 1. The van der Waals surface area contributed by atoms with Crippen LogP contribution in [-0.2, 0) is 38.6 Å². The summed E-state index contributed by atoms with van der Waals surface area (Å²) in [5, 5.41) is 0.749. The molecule has 2 amide bonds. The molecule has 7 nitrogen and oxygen atoms in total. The third kappa shape index (κ3) is 3.97. The Morgan fingerprint density at radius 2 is 1.68 bits per heavy atom. The van der Waals surface area contributed by atoms with E-state index in [9.17, 15) is 19.2 Å². The van der Waals surface area contributed by atoms with Crippen molar-refractivity contribution in [2.75, 3.05) is 0 Å². The fourth-order valence-corrected chi connectivity index (χ4v) is 5.55. The Morgan fingerprint density at radius 1 is 1.03 bits per heavy atom. The van der Waals surface area contributed by atoms with Crippen molar-refractivity contribution in [1.29, 1.82) is 0 Å². The molecule has 3 atom stereocenters. The number of allylic oxidation sites excluding steroid dienone is 2. The first-order valence-corrected chi connectivity index (χ1v) is 12.1. The zero-order valence-corrected chi connectivity index (χ0v) is 19.5. The van der Waals surface area contributed by atoms with E-state index in [4.69, 9.17) is 9.15 Å². The Morgan fingerprint density at radius 3 is 2.32 bits per heavy atom. The smallest absolute Gasteiger partial charge is 0.336 e. The molecule has 2 heterocycles. The third-order valence-electron chi connectivity index (χ3n) is 7.23. The molecule has 1 aromatic carbocycles. The maximum Gasteiger partial charge on any atom is 0.336 e. The maximum atomic E-state index is 13.3. The predicted molar refractivity (Wildman–Crippen MR) is 125 cm³/mol. The van der Waals surface area contributed by atoms with Crippen LogP contribution in [0, 0.1) is 17.8 Å². The molecule has 0 N–H and O–H groups in total. The van der Waals surface area contributed by atoms with Crippen molar-refractivity contribution in [3.8, 4) is 0 Å². The molecular formula is C27H29NO6. The number of carbonyl (C=O) groups excluding carboxylic acids is 3. The summed E-state index contributed by atoms with van der Waals surface area (Å²) in [5.41, 5.74) is 2.95. The van der Waals surface area contributed by atoms with Gasteiger partial charge in [-0.1, -0.05) is 26.0 Å². The summed E-state index contributed by atoms with van der Waals surface area (Å²) in [5.74, 6) is -1.92. The van der Waals surface area contributed by atoms with Gasteiger partial charge in [-0.05, 0) is 67.7 Å². The second kappa shape index (κ2) is 8.85. The molecule has 0 radical (unpaired) electrons. The molecule has 2 aliphatic carbocycles. The largest absolute Gasteiger partial charge is 0.459 e. The summed E-state index contributed by atoms with van der Waals surface area (Å²) < 4.78 is 11.1. The second-order valence-corrected chi connectivity index (χ2v) is 10.0. The number of benzene rings is 1. The number of imide groups is 1. The molecule has 7 heteroatoms. The first-order chi connectivity index (χ1) is 16.3. The molecule has 1 saturated heterocycles. The van der Waals surface area contributed by atoms with E-state index in [1.165, 1.54) is 17.2 Å². The number of nitrogens with zero attached hydrogens (tertiary/aromatic N) is 1. The normalized spacial score (nSPS) is 22.4. The van der Waals surface area contributed by atoms with Crippen molar-refractivity contribution in [1.82, 2.24) is 4.90 Å². The highest BCUT2D eigenvalue weighted by Gasteiger charge is 2.51. The molecule has 1 aromatic heterocycles. The Hall–Kier alpha value is -3.22. The lowest BCUT2D eigenvalue weighted by Gasteiger charge is -2.26. The van der Waals surface area contributed by atoms with Gasteiger partial charge in [-0.2, -0.15) is 0 Å². The fraction of sp³-hybridized carbons (Fsp3) is 0.481. The van der Waals surface area contributed by atoms with Gasteiger partial charge in [0.25, 0.3) is 0 Å². The molecule has 2 aromatic rings. The number of rotatable bonds is 6. The summed E-state index contributed by atoms with van der Waals surface area (Å²) in [6, 6.07) is 4.30. The summed E-state index contributed by atoms with van der Waals surface area (Å²) in [6.45, 7) is 3.76. The number of ether oxygens (including phenoxy) is 1. The highest BCUT2D eigenvalue weighted by atomic mass is 16.5. The molecule has 0 saturated carbocycles. The van der Waals surface area contributed by atoms with Gasteiger partial charge in [-0.25, -0.2) is 9.59 Å². The predicted octanol–water partition coefficient (Wildman–Crippen LogP) is 3.69. The van der Waals surface area contributed by atoms with Crippen LogP contribution in [0.4, 0.5) is 0 Å². The molecule has 0 unspecified atom stereocenters. The van der Waals surface area contributed by atoms with Crippen LogP contribution in [-0.4, -0.2) is 28.7 Å². The zero-order chi connectivity index (χ0) is 24.0. The van der Waals surface area contributed by atoms with Crippen LogP contribution in [0.25, 0.3) is 11.0 Å². The van der Waals surface area contributed by atoms with Crippen molar-refractivity contribution < 1.29 is 23.5 Å². The van der Waals surface area contributed by atoms with Crippen LogP contribution in [0.2, 0.25) is 0 Å². The molecule has 178 valence electrons. The molecular weight excluding hydrogens is 434 g/mol. The van der Waals surface area contributed by atoms with Gasteiger partial charge in [0.2, 0.25) is 11.8 Å². The van der Waals surface area contributed by atoms with Gasteiger partial charge in [0, 0.05) is 17.0 Å². The van der Waals surface area contributed by atoms with E-state index < -0.39 is 29.5 Å². The number of amides is 2. The van der Waals surface area contributed by atoms with Gasteiger partial charge < -0.3 is 9.15 Å². The Balaban J connectivity index is 1.40. The topological polar surface area (TPSA) is 93.9 Å². The summed E-state index contributed by atoms with van der Waals surface area (Å²) in [4.78, 5) is 52.7.